The molecule has 0 unspecified atom stereocenters. The Bertz CT molecular complexity index is 655. The molecule has 1 aliphatic rings. The lowest BCUT2D eigenvalue weighted by Crippen LogP contribution is -2.48. The minimum absolute atomic E-state index is 0.181. The maximum atomic E-state index is 12.2. The highest BCUT2D eigenvalue weighted by molar-refractivity contribution is 5.91. The number of rotatable bonds is 2. The summed E-state index contributed by atoms with van der Waals surface area (Å²) in [5, 5.41) is 5.99. The van der Waals surface area contributed by atoms with E-state index in [4.69, 9.17) is 4.74 Å². The summed E-state index contributed by atoms with van der Waals surface area (Å²) in [7, 11) is 1.51. The molecule has 0 bridgehead atoms. The Morgan fingerprint density at radius 3 is 2.57 bits per heavy atom. The minimum Gasteiger partial charge on any atom is -0.478 e. The second kappa shape index (κ2) is 5.92. The van der Waals surface area contributed by atoms with Gasteiger partial charge in [-0.15, -0.1) is 0 Å². The van der Waals surface area contributed by atoms with Crippen LogP contribution >= 0.6 is 0 Å². The molecular formula is C14H17N5O2. The molecule has 2 heterocycles. The molecular weight excluding hydrogens is 270 g/mol. The van der Waals surface area contributed by atoms with Crippen molar-refractivity contribution in [2.75, 3.05) is 38.6 Å². The standard InChI is InChI=1S/C14H17N5O2/c1-21-13-12(16-10-4-2-3-5-11(10)17-13)18-14(20)19-8-6-15-7-9-19/h2-5,15H,6-9H2,1H3,(H,16,18,20). The summed E-state index contributed by atoms with van der Waals surface area (Å²) in [6.45, 7) is 2.95. The minimum atomic E-state index is -0.181. The number of anilines is 1. The molecule has 7 heteroatoms. The highest BCUT2D eigenvalue weighted by Crippen LogP contribution is 2.23. The van der Waals surface area contributed by atoms with E-state index in [1.807, 2.05) is 24.3 Å². The van der Waals surface area contributed by atoms with Gasteiger partial charge in [-0.05, 0) is 12.1 Å². The maximum Gasteiger partial charge on any atom is 0.323 e. The van der Waals surface area contributed by atoms with E-state index in [1.54, 1.807) is 4.90 Å². The smallest absolute Gasteiger partial charge is 0.323 e. The van der Waals surface area contributed by atoms with E-state index in [0.29, 0.717) is 30.3 Å². The van der Waals surface area contributed by atoms with E-state index in [-0.39, 0.29) is 6.03 Å². The van der Waals surface area contributed by atoms with Crippen LogP contribution in [0.25, 0.3) is 11.0 Å². The quantitative estimate of drug-likeness (QED) is 0.864. The third-order valence-corrected chi connectivity index (χ3v) is 3.36. The van der Waals surface area contributed by atoms with Gasteiger partial charge in [0.05, 0.1) is 18.1 Å². The van der Waals surface area contributed by atoms with Gasteiger partial charge in [-0.2, -0.15) is 0 Å². The number of hydrogen-bond acceptors (Lipinski definition) is 5. The van der Waals surface area contributed by atoms with Crippen molar-refractivity contribution in [3.05, 3.63) is 24.3 Å². The first-order valence-corrected chi connectivity index (χ1v) is 6.85. The zero-order valence-corrected chi connectivity index (χ0v) is 11.8. The van der Waals surface area contributed by atoms with Crippen LogP contribution in [0.15, 0.2) is 24.3 Å². The molecule has 0 spiro atoms. The van der Waals surface area contributed by atoms with Crippen LogP contribution in [-0.4, -0.2) is 54.2 Å². The number of urea groups is 1. The molecule has 7 nitrogen and oxygen atoms in total. The molecule has 1 saturated heterocycles. The number of ether oxygens (including phenoxy) is 1. The van der Waals surface area contributed by atoms with Crippen LogP contribution in [0.2, 0.25) is 0 Å². The molecule has 110 valence electrons. The van der Waals surface area contributed by atoms with Crippen LogP contribution in [0, 0.1) is 0 Å². The highest BCUT2D eigenvalue weighted by Gasteiger charge is 2.19. The number of benzene rings is 1. The Hall–Kier alpha value is -2.41. The fourth-order valence-electron chi connectivity index (χ4n) is 2.26. The van der Waals surface area contributed by atoms with Crippen LogP contribution in [-0.2, 0) is 0 Å². The van der Waals surface area contributed by atoms with Gasteiger partial charge in [-0.1, -0.05) is 12.1 Å². The molecule has 1 fully saturated rings. The molecule has 0 radical (unpaired) electrons. The normalized spacial score (nSPS) is 15.0. The van der Waals surface area contributed by atoms with E-state index in [2.05, 4.69) is 20.6 Å². The predicted molar refractivity (Wildman–Crippen MR) is 79.6 cm³/mol. The summed E-state index contributed by atoms with van der Waals surface area (Å²) in [5.74, 6) is 0.664. The number of carbonyl (C=O) groups excluding carboxylic acids is 1. The third-order valence-electron chi connectivity index (χ3n) is 3.36. The fraction of sp³-hybridized carbons (Fsp3) is 0.357. The lowest BCUT2D eigenvalue weighted by atomic mass is 10.3. The summed E-state index contributed by atoms with van der Waals surface area (Å²) < 4.78 is 5.22. The number of fused-ring (bicyclic) bond motifs is 1. The fourth-order valence-corrected chi connectivity index (χ4v) is 2.26. The lowest BCUT2D eigenvalue weighted by Gasteiger charge is -2.27. The molecule has 0 saturated carbocycles. The number of nitrogens with one attached hydrogen (secondary N) is 2. The molecule has 3 rings (SSSR count). The van der Waals surface area contributed by atoms with Crippen LogP contribution in [0.5, 0.6) is 5.88 Å². The first kappa shape index (κ1) is 13.6. The van der Waals surface area contributed by atoms with Crippen molar-refractivity contribution < 1.29 is 9.53 Å². The van der Waals surface area contributed by atoms with Crippen molar-refractivity contribution in [3.8, 4) is 5.88 Å². The summed E-state index contributed by atoms with van der Waals surface area (Å²) in [4.78, 5) is 22.8. The molecule has 1 aromatic carbocycles. The van der Waals surface area contributed by atoms with E-state index >= 15 is 0 Å². The molecule has 2 N–H and O–H groups in total. The zero-order chi connectivity index (χ0) is 14.7. The summed E-state index contributed by atoms with van der Waals surface area (Å²) in [6, 6.07) is 7.29. The van der Waals surface area contributed by atoms with Crippen LogP contribution in [0.4, 0.5) is 10.6 Å². The van der Waals surface area contributed by atoms with Gasteiger partial charge in [0.2, 0.25) is 0 Å². The van der Waals surface area contributed by atoms with Crippen molar-refractivity contribution in [1.82, 2.24) is 20.2 Å². The SMILES string of the molecule is COc1nc2ccccc2nc1NC(=O)N1CCNCC1. The largest absolute Gasteiger partial charge is 0.478 e. The van der Waals surface area contributed by atoms with Gasteiger partial charge in [-0.3, -0.25) is 5.32 Å². The molecule has 21 heavy (non-hydrogen) atoms. The van der Waals surface area contributed by atoms with Crippen molar-refractivity contribution in [3.63, 3.8) is 0 Å². The lowest BCUT2D eigenvalue weighted by molar-refractivity contribution is 0.203. The second-order valence-electron chi connectivity index (χ2n) is 4.74. The van der Waals surface area contributed by atoms with Gasteiger partial charge in [-0.25, -0.2) is 14.8 Å². The Morgan fingerprint density at radius 1 is 1.24 bits per heavy atom. The molecule has 1 aliphatic heterocycles. The molecule has 0 atom stereocenters. The van der Waals surface area contributed by atoms with Crippen molar-refractivity contribution in [1.29, 1.82) is 0 Å². The topological polar surface area (TPSA) is 79.4 Å². The average Bonchev–Trinajstić information content (AvgIpc) is 2.55. The Morgan fingerprint density at radius 2 is 1.90 bits per heavy atom. The third kappa shape index (κ3) is 2.87. The molecule has 0 aliphatic carbocycles. The summed E-state index contributed by atoms with van der Waals surface area (Å²) in [5.41, 5.74) is 1.45. The highest BCUT2D eigenvalue weighted by atomic mass is 16.5. The van der Waals surface area contributed by atoms with Crippen LogP contribution < -0.4 is 15.4 Å². The van der Waals surface area contributed by atoms with E-state index in [0.717, 1.165) is 18.6 Å². The van der Waals surface area contributed by atoms with Gasteiger partial charge >= 0.3 is 6.03 Å². The molecule has 2 amide bonds. The zero-order valence-electron chi connectivity index (χ0n) is 11.8. The van der Waals surface area contributed by atoms with E-state index in [9.17, 15) is 4.79 Å². The van der Waals surface area contributed by atoms with Crippen LogP contribution in [0.1, 0.15) is 0 Å². The average molecular weight is 287 g/mol. The summed E-state index contributed by atoms with van der Waals surface area (Å²) >= 11 is 0. The van der Waals surface area contributed by atoms with Gasteiger partial charge < -0.3 is 15.0 Å². The number of nitrogens with zero attached hydrogens (tertiary/aromatic N) is 3. The number of carbonyl (C=O) groups is 1. The van der Waals surface area contributed by atoms with Crippen molar-refractivity contribution >= 4 is 22.9 Å². The second-order valence-corrected chi connectivity index (χ2v) is 4.74. The van der Waals surface area contributed by atoms with E-state index < -0.39 is 0 Å². The number of amides is 2. The number of para-hydroxylation sites is 2. The Kier molecular flexibility index (Phi) is 3.83. The van der Waals surface area contributed by atoms with E-state index in [1.165, 1.54) is 7.11 Å². The summed E-state index contributed by atoms with van der Waals surface area (Å²) in [6.07, 6.45) is 0. The van der Waals surface area contributed by atoms with Gasteiger partial charge in [0, 0.05) is 26.2 Å². The number of piperazine rings is 1. The van der Waals surface area contributed by atoms with Crippen LogP contribution in [0.3, 0.4) is 0 Å². The van der Waals surface area contributed by atoms with Crippen molar-refractivity contribution in [2.45, 2.75) is 0 Å². The monoisotopic (exact) mass is 287 g/mol. The predicted octanol–water partition coefficient (Wildman–Crippen LogP) is 1.08. The van der Waals surface area contributed by atoms with Crippen molar-refractivity contribution in [2.24, 2.45) is 0 Å². The van der Waals surface area contributed by atoms with Gasteiger partial charge in [0.25, 0.3) is 5.88 Å². The maximum absolute atomic E-state index is 12.2. The number of aromatic nitrogens is 2. The number of hydrogen-bond donors (Lipinski definition) is 2. The van der Waals surface area contributed by atoms with Gasteiger partial charge in [0.15, 0.2) is 5.82 Å². The Labute approximate surface area is 122 Å². The Balaban J connectivity index is 1.86. The number of methoxy groups -OCH3 is 1. The molecule has 2 aromatic rings. The molecule has 1 aromatic heterocycles. The first-order valence-electron chi connectivity index (χ1n) is 6.85. The first-order chi connectivity index (χ1) is 10.3. The van der Waals surface area contributed by atoms with Gasteiger partial charge in [0.1, 0.15) is 0 Å².